The normalized spacial score (nSPS) is 30.4. The van der Waals surface area contributed by atoms with Crippen LogP contribution in [0.3, 0.4) is 0 Å². The van der Waals surface area contributed by atoms with Crippen LogP contribution in [0.1, 0.15) is 43.1 Å². The van der Waals surface area contributed by atoms with Crippen molar-refractivity contribution in [1.82, 2.24) is 4.90 Å². The summed E-state index contributed by atoms with van der Waals surface area (Å²) in [5.41, 5.74) is 4.01. The van der Waals surface area contributed by atoms with Gasteiger partial charge in [-0.3, -0.25) is 4.90 Å². The van der Waals surface area contributed by atoms with E-state index in [1.165, 1.54) is 36.0 Å². The predicted molar refractivity (Wildman–Crippen MR) is 82.9 cm³/mol. The zero-order valence-electron chi connectivity index (χ0n) is 12.6. The number of likely N-dealkylation sites (N-methyl/N-ethyl adjacent to an activating group) is 1. The highest BCUT2D eigenvalue weighted by Crippen LogP contribution is 2.39. The van der Waals surface area contributed by atoms with Gasteiger partial charge < -0.3 is 9.47 Å². The zero-order chi connectivity index (χ0) is 14.2. The minimum Gasteiger partial charge on any atom is -0.346 e. The van der Waals surface area contributed by atoms with Gasteiger partial charge in [0.15, 0.2) is 6.29 Å². The van der Waals surface area contributed by atoms with Gasteiger partial charge in [0.1, 0.15) is 0 Å². The Hall–Kier alpha value is -1.16. The lowest BCUT2D eigenvalue weighted by molar-refractivity contribution is -0.0443. The standard InChI is InChI=1S/C18H23NO2/c1-19-14-5-4-6-15(19)12-13(11-14)16-7-2-3-8-17(16)18-20-9-10-21-18/h2-3,7-8,11,14-15,18H,4-6,9-10,12H2,1H3. The molecule has 0 spiro atoms. The van der Waals surface area contributed by atoms with Gasteiger partial charge in [0.25, 0.3) is 0 Å². The van der Waals surface area contributed by atoms with Crippen molar-refractivity contribution in [2.24, 2.45) is 0 Å². The summed E-state index contributed by atoms with van der Waals surface area (Å²) >= 11 is 0. The van der Waals surface area contributed by atoms with Gasteiger partial charge in [-0.15, -0.1) is 0 Å². The van der Waals surface area contributed by atoms with E-state index in [4.69, 9.17) is 9.47 Å². The fraction of sp³-hybridized carbons (Fsp3) is 0.556. The first kappa shape index (κ1) is 13.5. The number of rotatable bonds is 2. The number of ether oxygens (including phenoxy) is 2. The first-order valence-electron chi connectivity index (χ1n) is 8.08. The van der Waals surface area contributed by atoms with Gasteiger partial charge >= 0.3 is 0 Å². The molecule has 112 valence electrons. The van der Waals surface area contributed by atoms with Gasteiger partial charge in [-0.25, -0.2) is 0 Å². The number of fused-ring (bicyclic) bond motifs is 2. The van der Waals surface area contributed by atoms with Gasteiger partial charge in [-0.05, 0) is 37.4 Å². The third-order valence-corrected chi connectivity index (χ3v) is 5.17. The van der Waals surface area contributed by atoms with E-state index in [1.807, 2.05) is 0 Å². The molecular weight excluding hydrogens is 262 g/mol. The molecule has 0 aromatic heterocycles. The van der Waals surface area contributed by atoms with E-state index < -0.39 is 0 Å². The molecule has 0 aliphatic carbocycles. The molecule has 3 heteroatoms. The van der Waals surface area contributed by atoms with E-state index >= 15 is 0 Å². The van der Waals surface area contributed by atoms with E-state index in [0.717, 1.165) is 6.42 Å². The largest absolute Gasteiger partial charge is 0.346 e. The van der Waals surface area contributed by atoms with Crippen molar-refractivity contribution >= 4 is 5.57 Å². The number of hydrogen-bond donors (Lipinski definition) is 0. The van der Waals surface area contributed by atoms with Crippen LogP contribution in [0.4, 0.5) is 0 Å². The van der Waals surface area contributed by atoms with Crippen LogP contribution in [0.15, 0.2) is 30.3 Å². The topological polar surface area (TPSA) is 21.7 Å². The summed E-state index contributed by atoms with van der Waals surface area (Å²) in [7, 11) is 2.27. The molecule has 2 unspecified atom stereocenters. The lowest BCUT2D eigenvalue weighted by atomic mass is 9.82. The van der Waals surface area contributed by atoms with Crippen molar-refractivity contribution in [2.75, 3.05) is 20.3 Å². The number of benzene rings is 1. The Labute approximate surface area is 126 Å². The van der Waals surface area contributed by atoms with Crippen molar-refractivity contribution < 1.29 is 9.47 Å². The van der Waals surface area contributed by atoms with Crippen LogP contribution in [0, 0.1) is 0 Å². The predicted octanol–water partition coefficient (Wildman–Crippen LogP) is 3.37. The molecule has 4 rings (SSSR count). The molecule has 0 N–H and O–H groups in total. The second-order valence-corrected chi connectivity index (χ2v) is 6.37. The average molecular weight is 285 g/mol. The van der Waals surface area contributed by atoms with E-state index in [2.05, 4.69) is 42.3 Å². The molecule has 3 aliphatic heterocycles. The highest BCUT2D eigenvalue weighted by atomic mass is 16.7. The molecule has 0 amide bonds. The first-order chi connectivity index (χ1) is 10.3. The van der Waals surface area contributed by atoms with Crippen molar-refractivity contribution in [3.63, 3.8) is 0 Å². The molecule has 3 heterocycles. The molecule has 2 fully saturated rings. The highest BCUT2D eigenvalue weighted by Gasteiger charge is 2.32. The van der Waals surface area contributed by atoms with E-state index in [1.54, 1.807) is 0 Å². The van der Waals surface area contributed by atoms with Crippen LogP contribution >= 0.6 is 0 Å². The van der Waals surface area contributed by atoms with E-state index in [-0.39, 0.29) is 6.29 Å². The maximum Gasteiger partial charge on any atom is 0.184 e. The quantitative estimate of drug-likeness (QED) is 0.831. The van der Waals surface area contributed by atoms with Crippen molar-refractivity contribution in [1.29, 1.82) is 0 Å². The van der Waals surface area contributed by atoms with Crippen LogP contribution < -0.4 is 0 Å². The molecule has 0 radical (unpaired) electrons. The van der Waals surface area contributed by atoms with E-state index in [0.29, 0.717) is 25.3 Å². The summed E-state index contributed by atoms with van der Waals surface area (Å²) in [5, 5.41) is 0. The van der Waals surface area contributed by atoms with Crippen LogP contribution in [-0.4, -0.2) is 37.2 Å². The zero-order valence-corrected chi connectivity index (χ0v) is 12.6. The summed E-state index contributed by atoms with van der Waals surface area (Å²) < 4.78 is 11.5. The van der Waals surface area contributed by atoms with Crippen LogP contribution in [-0.2, 0) is 9.47 Å². The second kappa shape index (κ2) is 5.56. The van der Waals surface area contributed by atoms with Crippen molar-refractivity contribution in [3.05, 3.63) is 41.5 Å². The summed E-state index contributed by atoms with van der Waals surface area (Å²) in [5.74, 6) is 0. The van der Waals surface area contributed by atoms with Gasteiger partial charge in [0, 0.05) is 17.6 Å². The Morgan fingerprint density at radius 3 is 2.71 bits per heavy atom. The van der Waals surface area contributed by atoms with Gasteiger partial charge in [0.2, 0.25) is 0 Å². The number of nitrogens with zero attached hydrogens (tertiary/aromatic N) is 1. The molecule has 3 aliphatic rings. The molecule has 21 heavy (non-hydrogen) atoms. The molecular formula is C18H23NO2. The average Bonchev–Trinajstić information content (AvgIpc) is 3.01. The monoisotopic (exact) mass is 285 g/mol. The fourth-order valence-electron chi connectivity index (χ4n) is 3.97. The number of piperidine rings is 1. The molecule has 2 saturated heterocycles. The van der Waals surface area contributed by atoms with E-state index in [9.17, 15) is 0 Å². The Morgan fingerprint density at radius 2 is 1.90 bits per heavy atom. The third kappa shape index (κ3) is 2.44. The van der Waals surface area contributed by atoms with Crippen LogP contribution in [0.2, 0.25) is 0 Å². The Morgan fingerprint density at radius 1 is 1.10 bits per heavy atom. The molecule has 1 aromatic carbocycles. The maximum atomic E-state index is 5.73. The third-order valence-electron chi connectivity index (χ3n) is 5.17. The summed E-state index contributed by atoms with van der Waals surface area (Å²) in [6.45, 7) is 1.40. The minimum atomic E-state index is -0.179. The SMILES string of the molecule is CN1C2C=C(c3ccccc3C3OCCO3)CC1CCC2. The molecule has 2 bridgehead atoms. The summed E-state index contributed by atoms with van der Waals surface area (Å²) in [6, 6.07) is 9.89. The molecule has 0 saturated carbocycles. The lowest BCUT2D eigenvalue weighted by Gasteiger charge is -2.43. The van der Waals surface area contributed by atoms with Crippen LogP contribution in [0.5, 0.6) is 0 Å². The van der Waals surface area contributed by atoms with Gasteiger partial charge in [-0.1, -0.05) is 36.8 Å². The van der Waals surface area contributed by atoms with Gasteiger partial charge in [0.05, 0.1) is 13.2 Å². The molecule has 2 atom stereocenters. The Bertz CT molecular complexity index is 548. The molecule has 1 aromatic rings. The van der Waals surface area contributed by atoms with Crippen molar-refractivity contribution in [2.45, 2.75) is 44.1 Å². The van der Waals surface area contributed by atoms with Crippen molar-refractivity contribution in [3.8, 4) is 0 Å². The van der Waals surface area contributed by atoms with Crippen LogP contribution in [0.25, 0.3) is 5.57 Å². The Kier molecular flexibility index (Phi) is 3.57. The first-order valence-corrected chi connectivity index (χ1v) is 8.08. The molecule has 3 nitrogen and oxygen atoms in total. The summed E-state index contributed by atoms with van der Waals surface area (Å²) in [6.07, 6.45) is 7.42. The smallest absolute Gasteiger partial charge is 0.184 e. The van der Waals surface area contributed by atoms with Gasteiger partial charge in [-0.2, -0.15) is 0 Å². The minimum absolute atomic E-state index is 0.179. The lowest BCUT2D eigenvalue weighted by Crippen LogP contribution is -2.45. The maximum absolute atomic E-state index is 5.73. The second-order valence-electron chi connectivity index (χ2n) is 6.37. The number of hydrogen-bond acceptors (Lipinski definition) is 3. The Balaban J connectivity index is 1.70. The highest BCUT2D eigenvalue weighted by molar-refractivity contribution is 5.70. The fourth-order valence-corrected chi connectivity index (χ4v) is 3.97. The summed E-state index contributed by atoms with van der Waals surface area (Å²) in [4.78, 5) is 2.55.